The number of hydrogen-bond acceptors (Lipinski definition) is 12. The van der Waals surface area contributed by atoms with Crippen molar-refractivity contribution >= 4 is 55.9 Å². The maximum absolute atomic E-state index is 11.5. The molecule has 0 saturated carbocycles. The largest absolute Gasteiger partial charge is 0.492 e. The van der Waals surface area contributed by atoms with Gasteiger partial charge in [0.05, 0.1) is 43.1 Å². The summed E-state index contributed by atoms with van der Waals surface area (Å²) in [6.45, 7) is 8.80. The van der Waals surface area contributed by atoms with E-state index < -0.39 is 0 Å². The van der Waals surface area contributed by atoms with E-state index in [1.807, 2.05) is 55.5 Å². The van der Waals surface area contributed by atoms with Crippen LogP contribution in [-0.2, 0) is 17.8 Å². The lowest BCUT2D eigenvalue weighted by Gasteiger charge is -2.06. The van der Waals surface area contributed by atoms with Gasteiger partial charge in [0.2, 0.25) is 11.3 Å². The molecule has 236 valence electrons. The van der Waals surface area contributed by atoms with E-state index in [-0.39, 0.29) is 5.78 Å². The third-order valence-electron chi connectivity index (χ3n) is 7.42. The van der Waals surface area contributed by atoms with Gasteiger partial charge in [0.15, 0.2) is 17.1 Å². The van der Waals surface area contributed by atoms with Crippen molar-refractivity contribution in [2.75, 3.05) is 6.61 Å². The van der Waals surface area contributed by atoms with Crippen LogP contribution in [0.25, 0.3) is 50.2 Å². The van der Waals surface area contributed by atoms with Crippen LogP contribution in [0.1, 0.15) is 41.2 Å². The molecular weight excluding hydrogens is 608 g/mol. The van der Waals surface area contributed by atoms with Gasteiger partial charge in [-0.3, -0.25) is 14.8 Å². The molecule has 14 heteroatoms. The minimum absolute atomic E-state index is 0.135. The van der Waals surface area contributed by atoms with E-state index in [9.17, 15) is 4.79 Å². The zero-order chi connectivity index (χ0) is 33.0. The van der Waals surface area contributed by atoms with Crippen molar-refractivity contribution in [2.24, 2.45) is 0 Å². The molecule has 0 amide bonds. The van der Waals surface area contributed by atoms with Crippen LogP contribution in [0.5, 0.6) is 0 Å². The van der Waals surface area contributed by atoms with Gasteiger partial charge in [0.25, 0.3) is 0 Å². The number of ether oxygens (including phenoxy) is 1. The van der Waals surface area contributed by atoms with Crippen molar-refractivity contribution in [3.63, 3.8) is 0 Å². The van der Waals surface area contributed by atoms with E-state index in [0.717, 1.165) is 32.9 Å². The Morgan fingerprint density at radius 2 is 1.25 bits per heavy atom. The van der Waals surface area contributed by atoms with Crippen molar-refractivity contribution in [1.29, 1.82) is 0 Å². The number of benzene rings is 2. The third-order valence-corrected chi connectivity index (χ3v) is 7.42. The van der Waals surface area contributed by atoms with Gasteiger partial charge in [0.1, 0.15) is 17.1 Å². The van der Waals surface area contributed by atoms with Crippen molar-refractivity contribution in [3.8, 4) is 0 Å². The van der Waals surface area contributed by atoms with Gasteiger partial charge < -0.3 is 4.74 Å². The summed E-state index contributed by atoms with van der Waals surface area (Å²) in [5.74, 6) is 0.352. The fourth-order valence-electron chi connectivity index (χ4n) is 5.07. The highest BCUT2D eigenvalue weighted by atomic mass is 16.5. The Kier molecular flexibility index (Phi) is 8.18. The molecule has 6 aromatic heterocycles. The number of carbonyl (C=O) groups is 1. The molecule has 0 radical (unpaired) electrons. The molecule has 0 spiro atoms. The quantitative estimate of drug-likeness (QED) is 0.165. The predicted octanol–water partition coefficient (Wildman–Crippen LogP) is 4.85. The predicted molar refractivity (Wildman–Crippen MR) is 179 cm³/mol. The highest BCUT2D eigenvalue weighted by Crippen LogP contribution is 2.18. The first-order valence-corrected chi connectivity index (χ1v) is 15.1. The second-order valence-electron chi connectivity index (χ2n) is 10.8. The van der Waals surface area contributed by atoms with E-state index in [4.69, 9.17) is 4.74 Å². The Hall–Kier alpha value is -6.57. The molecule has 0 saturated heterocycles. The Bertz CT molecular complexity index is 2450. The van der Waals surface area contributed by atoms with E-state index in [2.05, 4.69) is 69.2 Å². The molecule has 0 aliphatic carbocycles. The Balaban J connectivity index is 0.000000152. The summed E-state index contributed by atoms with van der Waals surface area (Å²) >= 11 is 0. The monoisotopic (exact) mass is 636 g/mol. The van der Waals surface area contributed by atoms with Crippen molar-refractivity contribution in [3.05, 3.63) is 115 Å². The minimum Gasteiger partial charge on any atom is -0.492 e. The summed E-state index contributed by atoms with van der Waals surface area (Å²) in [5, 5.41) is 18.5. The Morgan fingerprint density at radius 3 is 1.77 bits per heavy atom. The van der Waals surface area contributed by atoms with Gasteiger partial charge in [-0.25, -0.2) is 29.3 Å². The minimum atomic E-state index is -0.135. The van der Waals surface area contributed by atoms with Crippen LogP contribution in [0, 0.1) is 0 Å². The highest BCUT2D eigenvalue weighted by Gasteiger charge is 2.13. The number of fused-ring (bicyclic) bond motifs is 4. The first-order chi connectivity index (χ1) is 23.4. The SMILES string of the molecule is C=C(OCC)c1cnc2nnn(Cc3ccc4ncccc4c3)c2n1.CC(=O)c1cnc2nnn(Cc3ccc4ncccc4c3)c2n1. The number of rotatable bonds is 8. The second kappa shape index (κ2) is 13.0. The van der Waals surface area contributed by atoms with Crippen LogP contribution in [0.4, 0.5) is 0 Å². The number of nitrogens with zero attached hydrogens (tertiary/aromatic N) is 12. The molecule has 0 fully saturated rings. The summed E-state index contributed by atoms with van der Waals surface area (Å²) in [5.41, 5.74) is 6.96. The van der Waals surface area contributed by atoms with Gasteiger partial charge in [-0.1, -0.05) is 41.3 Å². The zero-order valence-electron chi connectivity index (χ0n) is 26.1. The van der Waals surface area contributed by atoms with Crippen LogP contribution in [-0.4, -0.2) is 72.3 Å². The molecule has 8 rings (SSSR count). The Labute approximate surface area is 273 Å². The van der Waals surface area contributed by atoms with Crippen molar-refractivity contribution in [1.82, 2.24) is 59.9 Å². The van der Waals surface area contributed by atoms with Gasteiger partial charge in [-0.05, 0) is 54.4 Å². The van der Waals surface area contributed by atoms with E-state index in [0.29, 0.717) is 59.4 Å². The van der Waals surface area contributed by atoms with Gasteiger partial charge >= 0.3 is 0 Å². The van der Waals surface area contributed by atoms with Crippen molar-refractivity contribution in [2.45, 2.75) is 26.9 Å². The van der Waals surface area contributed by atoms with Crippen LogP contribution in [0.3, 0.4) is 0 Å². The topological polar surface area (TPSA) is 165 Å². The van der Waals surface area contributed by atoms with E-state index in [1.54, 1.807) is 28.0 Å². The number of ketones is 1. The first kappa shape index (κ1) is 30.1. The van der Waals surface area contributed by atoms with Gasteiger partial charge in [-0.15, -0.1) is 10.2 Å². The second-order valence-corrected chi connectivity index (χ2v) is 10.8. The average Bonchev–Trinajstić information content (AvgIpc) is 3.71. The molecule has 6 heterocycles. The number of aromatic nitrogens is 12. The summed E-state index contributed by atoms with van der Waals surface area (Å²) in [6.07, 6.45) is 6.58. The molecule has 8 aromatic rings. The van der Waals surface area contributed by atoms with E-state index >= 15 is 0 Å². The molecule has 0 aliphatic heterocycles. The van der Waals surface area contributed by atoms with Crippen LogP contribution >= 0.6 is 0 Å². The fraction of sp³-hybridized carbons (Fsp3) is 0.147. The van der Waals surface area contributed by atoms with Gasteiger partial charge in [0, 0.05) is 30.1 Å². The van der Waals surface area contributed by atoms with E-state index in [1.165, 1.54) is 13.1 Å². The maximum atomic E-state index is 11.5. The molecule has 0 bridgehead atoms. The lowest BCUT2D eigenvalue weighted by molar-refractivity contribution is 0.101. The molecule has 0 unspecified atom stereocenters. The molecule has 0 aliphatic rings. The normalized spacial score (nSPS) is 11.1. The lowest BCUT2D eigenvalue weighted by atomic mass is 10.1. The molecular formula is C34H28N12O2. The first-order valence-electron chi connectivity index (χ1n) is 15.1. The lowest BCUT2D eigenvalue weighted by Crippen LogP contribution is -2.05. The van der Waals surface area contributed by atoms with Crippen LogP contribution in [0.15, 0.2) is 92.0 Å². The summed E-state index contributed by atoms with van der Waals surface area (Å²) in [6, 6.07) is 20.0. The van der Waals surface area contributed by atoms with Crippen molar-refractivity contribution < 1.29 is 9.53 Å². The number of Topliss-reactive ketones (excluding diaryl/α,β-unsaturated/α-hetero) is 1. The molecule has 48 heavy (non-hydrogen) atoms. The number of hydrogen-bond donors (Lipinski definition) is 0. The zero-order valence-corrected chi connectivity index (χ0v) is 26.1. The Morgan fingerprint density at radius 1 is 0.729 bits per heavy atom. The average molecular weight is 637 g/mol. The highest BCUT2D eigenvalue weighted by molar-refractivity contribution is 5.93. The molecule has 14 nitrogen and oxygen atoms in total. The molecule has 0 N–H and O–H groups in total. The number of pyridine rings is 2. The third kappa shape index (κ3) is 6.26. The standard InChI is InChI=1S/C18H16N6O.C16H12N6O/c1-3-25-12(2)16-10-20-17-18(21-16)24(23-22-17)11-13-6-7-15-14(9-13)5-4-8-19-15;1-10(23)14-8-18-15-16(19-14)22(21-20-15)9-11-4-5-13-12(7-11)3-2-6-17-13/h4-10H,2-3,11H2,1H3;2-8H,9H2,1H3. The molecule has 0 atom stereocenters. The van der Waals surface area contributed by atoms with Crippen LogP contribution in [0.2, 0.25) is 0 Å². The number of carbonyl (C=O) groups excluding carboxylic acids is 1. The van der Waals surface area contributed by atoms with Gasteiger partial charge in [-0.2, -0.15) is 0 Å². The fourth-order valence-corrected chi connectivity index (χ4v) is 5.07. The smallest absolute Gasteiger partial charge is 0.221 e. The van der Waals surface area contributed by atoms with Crippen LogP contribution < -0.4 is 0 Å². The summed E-state index contributed by atoms with van der Waals surface area (Å²) in [4.78, 5) is 37.4. The molecule has 2 aromatic carbocycles. The maximum Gasteiger partial charge on any atom is 0.221 e. The summed E-state index contributed by atoms with van der Waals surface area (Å²) < 4.78 is 8.78. The summed E-state index contributed by atoms with van der Waals surface area (Å²) in [7, 11) is 0.